The van der Waals surface area contributed by atoms with Gasteiger partial charge in [-0.3, -0.25) is 18.7 Å². The number of hydrogen-bond donors (Lipinski definition) is 0. The Morgan fingerprint density at radius 2 is 1.63 bits per heavy atom. The molecule has 4 aromatic rings. The van der Waals surface area contributed by atoms with E-state index in [1.54, 1.807) is 30.3 Å². The van der Waals surface area contributed by atoms with Gasteiger partial charge in [0.15, 0.2) is 11.6 Å². The summed E-state index contributed by atoms with van der Waals surface area (Å²) in [5.41, 5.74) is -4.66. The standard InChI is InChI=1S/C33H29F6N3O4/c1-20-29(22-10-5-13-27(30(22)36)46-17-15-34)31(44)42(19-26(21-8-3-2-4-9-21)40-16-7-14-28(40)43)32(45)41(20)18-23-24(33(37,38)39)11-6-12-25(23)35/h2-6,8-13,26H,7,14-19H2,1H3/t26-/m0/s1. The van der Waals surface area contributed by atoms with Crippen LogP contribution in [-0.4, -0.2) is 39.8 Å². The number of alkyl halides is 4. The van der Waals surface area contributed by atoms with Crippen LogP contribution in [0.5, 0.6) is 5.75 Å². The van der Waals surface area contributed by atoms with Gasteiger partial charge in [-0.2, -0.15) is 13.2 Å². The molecule has 0 spiro atoms. The molecule has 0 saturated carbocycles. The van der Waals surface area contributed by atoms with Gasteiger partial charge in [-0.05, 0) is 37.1 Å². The zero-order valence-corrected chi connectivity index (χ0v) is 24.6. The van der Waals surface area contributed by atoms with Gasteiger partial charge in [-0.25, -0.2) is 18.0 Å². The molecule has 0 bridgehead atoms. The predicted octanol–water partition coefficient (Wildman–Crippen LogP) is 6.04. The maximum atomic E-state index is 15.8. The lowest BCUT2D eigenvalue weighted by molar-refractivity contribution is -0.138. The fourth-order valence-corrected chi connectivity index (χ4v) is 5.80. The van der Waals surface area contributed by atoms with Crippen molar-refractivity contribution < 1.29 is 35.9 Å². The summed E-state index contributed by atoms with van der Waals surface area (Å²) in [6.07, 6.45) is -4.20. The Morgan fingerprint density at radius 1 is 0.913 bits per heavy atom. The van der Waals surface area contributed by atoms with Crippen LogP contribution in [0.25, 0.3) is 11.1 Å². The van der Waals surface area contributed by atoms with E-state index in [1.807, 2.05) is 0 Å². The number of carbonyl (C=O) groups is 1. The van der Waals surface area contributed by atoms with Crippen molar-refractivity contribution in [2.24, 2.45) is 0 Å². The molecule has 2 heterocycles. The second kappa shape index (κ2) is 13.3. The third-order valence-electron chi connectivity index (χ3n) is 8.02. The van der Waals surface area contributed by atoms with Gasteiger partial charge in [-0.15, -0.1) is 0 Å². The molecule has 0 N–H and O–H groups in total. The molecule has 1 fully saturated rings. The highest BCUT2D eigenvalue weighted by atomic mass is 19.4. The first kappa shape index (κ1) is 32.6. The van der Waals surface area contributed by atoms with Crippen molar-refractivity contribution in [3.8, 4) is 16.9 Å². The fourth-order valence-electron chi connectivity index (χ4n) is 5.80. The van der Waals surface area contributed by atoms with E-state index in [0.29, 0.717) is 24.6 Å². The number of hydrogen-bond acceptors (Lipinski definition) is 4. The van der Waals surface area contributed by atoms with Gasteiger partial charge >= 0.3 is 11.9 Å². The highest BCUT2D eigenvalue weighted by molar-refractivity contribution is 5.78. The third kappa shape index (κ3) is 6.31. The Hall–Kier alpha value is -4.81. The number of rotatable bonds is 10. The van der Waals surface area contributed by atoms with Crippen molar-refractivity contribution in [1.29, 1.82) is 0 Å². The second-order valence-electron chi connectivity index (χ2n) is 10.8. The molecule has 1 aliphatic heterocycles. The molecular weight excluding hydrogens is 616 g/mol. The van der Waals surface area contributed by atoms with Crippen molar-refractivity contribution in [2.45, 2.75) is 45.1 Å². The van der Waals surface area contributed by atoms with Crippen molar-refractivity contribution in [3.05, 3.63) is 122 Å². The number of likely N-dealkylation sites (tertiary alicyclic amines) is 1. The number of amides is 1. The van der Waals surface area contributed by atoms with Gasteiger partial charge in [-0.1, -0.05) is 48.5 Å². The number of halogens is 6. The minimum atomic E-state index is -4.98. The van der Waals surface area contributed by atoms with Gasteiger partial charge < -0.3 is 9.64 Å². The zero-order valence-electron chi connectivity index (χ0n) is 24.6. The molecule has 242 valence electrons. The molecule has 1 atom stereocenters. The number of ether oxygens (including phenoxy) is 1. The van der Waals surface area contributed by atoms with Crippen molar-refractivity contribution in [3.63, 3.8) is 0 Å². The third-order valence-corrected chi connectivity index (χ3v) is 8.02. The topological polar surface area (TPSA) is 73.5 Å². The average molecular weight is 646 g/mol. The lowest BCUT2D eigenvalue weighted by Gasteiger charge is -2.29. The maximum Gasteiger partial charge on any atom is 0.416 e. The summed E-state index contributed by atoms with van der Waals surface area (Å²) in [5, 5.41) is 0. The summed E-state index contributed by atoms with van der Waals surface area (Å²) in [5.74, 6) is -2.92. The van der Waals surface area contributed by atoms with Crippen LogP contribution < -0.4 is 16.0 Å². The van der Waals surface area contributed by atoms with Gasteiger partial charge in [0.2, 0.25) is 5.91 Å². The quantitative estimate of drug-likeness (QED) is 0.197. The Kier molecular flexibility index (Phi) is 9.40. The summed E-state index contributed by atoms with van der Waals surface area (Å²) in [4.78, 5) is 42.6. The Morgan fingerprint density at radius 3 is 2.28 bits per heavy atom. The summed E-state index contributed by atoms with van der Waals surface area (Å²) >= 11 is 0. The van der Waals surface area contributed by atoms with Crippen LogP contribution in [-0.2, 0) is 24.1 Å². The van der Waals surface area contributed by atoms with Gasteiger partial charge in [0.1, 0.15) is 19.1 Å². The molecule has 1 amide bonds. The normalized spacial score (nSPS) is 14.2. The van der Waals surface area contributed by atoms with Crippen LogP contribution in [0, 0.1) is 18.6 Å². The molecule has 0 unspecified atom stereocenters. The molecule has 0 radical (unpaired) electrons. The number of nitrogens with zero attached hydrogens (tertiary/aromatic N) is 3. The maximum absolute atomic E-state index is 15.8. The van der Waals surface area contributed by atoms with Gasteiger partial charge in [0.25, 0.3) is 5.56 Å². The Labute approximate surface area is 259 Å². The van der Waals surface area contributed by atoms with Crippen molar-refractivity contribution in [2.75, 3.05) is 19.8 Å². The van der Waals surface area contributed by atoms with E-state index in [0.717, 1.165) is 21.3 Å². The molecular formula is C33H29F6N3O4. The molecule has 5 rings (SSSR count). The molecule has 13 heteroatoms. The molecule has 1 saturated heterocycles. The predicted molar refractivity (Wildman–Crippen MR) is 157 cm³/mol. The first-order valence-corrected chi connectivity index (χ1v) is 14.4. The highest BCUT2D eigenvalue weighted by Gasteiger charge is 2.36. The minimum absolute atomic E-state index is 0.223. The largest absolute Gasteiger partial charge is 0.488 e. The Balaban J connectivity index is 1.77. The molecule has 7 nitrogen and oxygen atoms in total. The van der Waals surface area contributed by atoms with Crippen molar-refractivity contribution in [1.82, 2.24) is 14.0 Å². The van der Waals surface area contributed by atoms with Gasteiger partial charge in [0, 0.05) is 29.8 Å². The van der Waals surface area contributed by atoms with Crippen LogP contribution in [0.2, 0.25) is 0 Å². The summed E-state index contributed by atoms with van der Waals surface area (Å²) < 4.78 is 92.1. The van der Waals surface area contributed by atoms with Crippen molar-refractivity contribution >= 4 is 5.91 Å². The van der Waals surface area contributed by atoms with E-state index in [-0.39, 0.29) is 23.6 Å². The molecule has 1 aliphatic rings. The molecule has 0 aliphatic carbocycles. The fraction of sp³-hybridized carbons (Fsp3) is 0.303. The van der Waals surface area contributed by atoms with E-state index >= 15 is 8.78 Å². The minimum Gasteiger partial charge on any atom is -0.488 e. The van der Waals surface area contributed by atoms with E-state index in [4.69, 9.17) is 4.74 Å². The Bertz CT molecular complexity index is 1870. The first-order valence-electron chi connectivity index (χ1n) is 14.4. The second-order valence-corrected chi connectivity index (χ2v) is 10.8. The smallest absolute Gasteiger partial charge is 0.416 e. The molecule has 1 aromatic heterocycles. The molecule has 46 heavy (non-hydrogen) atoms. The molecule has 3 aromatic carbocycles. The average Bonchev–Trinajstić information content (AvgIpc) is 3.45. The SMILES string of the molecule is Cc1c(-c2cccc(OCCF)c2F)c(=O)n(C[C@@H](c2ccccc2)N2CCCC2=O)c(=O)n1Cc1c(F)cccc1C(F)(F)F. The van der Waals surface area contributed by atoms with E-state index in [1.165, 1.54) is 30.0 Å². The summed E-state index contributed by atoms with van der Waals surface area (Å²) in [6.45, 7) is -1.22. The number of benzene rings is 3. The van der Waals surface area contributed by atoms with Crippen LogP contribution in [0.3, 0.4) is 0 Å². The first-order chi connectivity index (χ1) is 21.9. The van der Waals surface area contributed by atoms with E-state index < -0.39 is 83.9 Å². The van der Waals surface area contributed by atoms with Crippen LogP contribution in [0.1, 0.15) is 41.3 Å². The van der Waals surface area contributed by atoms with Crippen LogP contribution in [0.4, 0.5) is 26.3 Å². The monoisotopic (exact) mass is 645 g/mol. The van der Waals surface area contributed by atoms with Crippen LogP contribution in [0.15, 0.2) is 76.3 Å². The van der Waals surface area contributed by atoms with E-state index in [2.05, 4.69) is 0 Å². The number of aromatic nitrogens is 2. The van der Waals surface area contributed by atoms with Crippen LogP contribution >= 0.6 is 0 Å². The zero-order chi connectivity index (χ0) is 33.2. The van der Waals surface area contributed by atoms with Gasteiger partial charge in [0.05, 0.1) is 30.3 Å². The number of carbonyl (C=O) groups excluding carboxylic acids is 1. The lowest BCUT2D eigenvalue weighted by atomic mass is 10.0. The lowest BCUT2D eigenvalue weighted by Crippen LogP contribution is -2.45. The van der Waals surface area contributed by atoms with E-state index in [9.17, 15) is 31.9 Å². The summed E-state index contributed by atoms with van der Waals surface area (Å²) in [6, 6.07) is 13.9. The highest BCUT2D eigenvalue weighted by Crippen LogP contribution is 2.35. The summed E-state index contributed by atoms with van der Waals surface area (Å²) in [7, 11) is 0.